The van der Waals surface area contributed by atoms with Gasteiger partial charge in [0, 0.05) is 12.2 Å². The molecule has 3 rings (SSSR count). The zero-order valence-corrected chi connectivity index (χ0v) is 13.6. The highest BCUT2D eigenvalue weighted by molar-refractivity contribution is 6.10. The molecule has 0 saturated heterocycles. The molecule has 110 valence electrons. The number of aromatic carboxylic acids is 1. The largest absolute Gasteiger partial charge is 0.478 e. The fraction of sp³-hybridized carbons (Fsp3) is 0.278. The number of rotatable bonds is 5. The lowest BCUT2D eigenvalue weighted by Crippen LogP contribution is -2.22. The van der Waals surface area contributed by atoms with Gasteiger partial charge in [0.15, 0.2) is 16.3 Å². The number of anilines is 1. The molecule has 1 N–H and O–H groups in total. The number of benzene rings is 2. The Morgan fingerprint density at radius 1 is 1.14 bits per heavy atom. The molecule has 0 atom stereocenters. The Morgan fingerprint density at radius 3 is 2.59 bits per heavy atom. The molecule has 0 fully saturated rings. The summed E-state index contributed by atoms with van der Waals surface area (Å²) in [5.74, 6) is -0.872. The summed E-state index contributed by atoms with van der Waals surface area (Å²) in [5.41, 5.74) is 5.76. The molecule has 3 nitrogen and oxygen atoms in total. The van der Waals surface area contributed by atoms with Gasteiger partial charge in [-0.3, -0.25) is 0 Å². The van der Waals surface area contributed by atoms with Crippen LogP contribution in [0.2, 0.25) is 0 Å². The molecule has 2 aromatic carbocycles. The van der Waals surface area contributed by atoms with Gasteiger partial charge in [0.2, 0.25) is 0 Å². The summed E-state index contributed by atoms with van der Waals surface area (Å²) in [5, 5.41) is 9.91. The molecular formula is C18H18AlNO2. The van der Waals surface area contributed by atoms with Crippen LogP contribution in [0, 0.1) is 0 Å². The SMILES string of the molecule is O=C(O)c1ccc(CCc2cccc3c2N([CH2][Al])CC3)cc1. The fourth-order valence-electron chi connectivity index (χ4n) is 3.10. The Balaban J connectivity index is 1.75. The number of carboxylic acids is 1. The average molecular weight is 307 g/mol. The maximum atomic E-state index is 10.9. The van der Waals surface area contributed by atoms with Crippen LogP contribution in [0.4, 0.5) is 5.69 Å². The number of fused-ring (bicyclic) bond motifs is 1. The Kier molecular flexibility index (Phi) is 4.52. The van der Waals surface area contributed by atoms with Crippen LogP contribution < -0.4 is 4.90 Å². The first-order valence-electron chi connectivity index (χ1n) is 7.57. The van der Waals surface area contributed by atoms with Crippen molar-refractivity contribution in [3.05, 3.63) is 64.7 Å². The number of hydrogen-bond acceptors (Lipinski definition) is 2. The van der Waals surface area contributed by atoms with E-state index in [-0.39, 0.29) is 0 Å². The van der Waals surface area contributed by atoms with Gasteiger partial charge in [-0.2, -0.15) is 0 Å². The number of carboxylic acid groups (broad SMARTS) is 1. The predicted molar refractivity (Wildman–Crippen MR) is 88.9 cm³/mol. The molecule has 0 unspecified atom stereocenters. The number of aryl methyl sites for hydroxylation is 2. The maximum Gasteiger partial charge on any atom is 0.335 e. The van der Waals surface area contributed by atoms with E-state index in [2.05, 4.69) is 39.4 Å². The molecule has 1 heterocycles. The quantitative estimate of drug-likeness (QED) is 0.863. The lowest BCUT2D eigenvalue weighted by Gasteiger charge is -2.21. The molecule has 4 heteroatoms. The zero-order valence-electron chi connectivity index (χ0n) is 12.5. The van der Waals surface area contributed by atoms with Crippen LogP contribution in [0.1, 0.15) is 27.0 Å². The van der Waals surface area contributed by atoms with Gasteiger partial charge < -0.3 is 10.0 Å². The van der Waals surface area contributed by atoms with E-state index in [0.29, 0.717) is 5.56 Å². The topological polar surface area (TPSA) is 40.5 Å². The lowest BCUT2D eigenvalue weighted by molar-refractivity contribution is 0.0697. The predicted octanol–water partition coefficient (Wildman–Crippen LogP) is 2.66. The number of para-hydroxylation sites is 1. The van der Waals surface area contributed by atoms with Crippen molar-refractivity contribution in [2.75, 3.05) is 16.9 Å². The highest BCUT2D eigenvalue weighted by Gasteiger charge is 2.19. The van der Waals surface area contributed by atoms with Crippen molar-refractivity contribution in [2.45, 2.75) is 19.3 Å². The van der Waals surface area contributed by atoms with Crippen molar-refractivity contribution in [1.29, 1.82) is 0 Å². The molecule has 1 aliphatic heterocycles. The molecule has 0 saturated carbocycles. The van der Waals surface area contributed by atoms with E-state index in [4.69, 9.17) is 5.11 Å². The van der Waals surface area contributed by atoms with Crippen molar-refractivity contribution in [3.63, 3.8) is 0 Å². The van der Waals surface area contributed by atoms with Crippen molar-refractivity contribution in [1.82, 2.24) is 0 Å². The summed E-state index contributed by atoms with van der Waals surface area (Å²) < 4.78 is 0. The van der Waals surface area contributed by atoms with Crippen molar-refractivity contribution in [3.8, 4) is 0 Å². The van der Waals surface area contributed by atoms with E-state index < -0.39 is 5.97 Å². The van der Waals surface area contributed by atoms with E-state index in [1.807, 2.05) is 12.1 Å². The van der Waals surface area contributed by atoms with Crippen molar-refractivity contribution < 1.29 is 9.90 Å². The standard InChI is InChI=1S/C18H18NO2.Al/c1-19-12-11-15-4-2-3-14(17(15)19)8-5-13-6-9-16(10-7-13)18(20)21;/h2-4,6-7,9-10H,1,5,8,11-12H2,(H,20,21);. The Bertz CT molecular complexity index is 682. The number of nitrogens with zero attached hydrogens (tertiary/aromatic N) is 1. The van der Waals surface area contributed by atoms with Gasteiger partial charge >= 0.3 is 5.97 Å². The Labute approximate surface area is 139 Å². The second-order valence-electron chi connectivity index (χ2n) is 5.62. The summed E-state index contributed by atoms with van der Waals surface area (Å²) in [6.07, 6.45) is 3.04. The van der Waals surface area contributed by atoms with E-state index >= 15 is 0 Å². The summed E-state index contributed by atoms with van der Waals surface area (Å²) in [6, 6.07) is 13.8. The van der Waals surface area contributed by atoms with Crippen LogP contribution in [0.25, 0.3) is 0 Å². The van der Waals surface area contributed by atoms with Gasteiger partial charge in [0.25, 0.3) is 0 Å². The number of hydrogen-bond donors (Lipinski definition) is 1. The zero-order chi connectivity index (χ0) is 15.5. The monoisotopic (exact) mass is 307 g/mol. The first kappa shape index (κ1) is 15.2. The second kappa shape index (κ2) is 6.56. The van der Waals surface area contributed by atoms with E-state index in [1.54, 1.807) is 12.1 Å². The minimum Gasteiger partial charge on any atom is -0.478 e. The summed E-state index contributed by atoms with van der Waals surface area (Å²) in [7, 11) is 0. The lowest BCUT2D eigenvalue weighted by atomic mass is 10.00. The van der Waals surface area contributed by atoms with Crippen LogP contribution in [-0.4, -0.2) is 39.3 Å². The van der Waals surface area contributed by atoms with Crippen LogP contribution in [0.15, 0.2) is 42.5 Å². The third kappa shape index (κ3) is 3.04. The molecule has 0 bridgehead atoms. The first-order chi connectivity index (χ1) is 10.7. The number of carbonyl (C=O) groups is 1. The van der Waals surface area contributed by atoms with Gasteiger partial charge in [-0.1, -0.05) is 35.7 Å². The molecule has 0 spiro atoms. The highest BCUT2D eigenvalue weighted by atomic mass is 27.0. The van der Waals surface area contributed by atoms with Crippen molar-refractivity contribution >= 4 is 27.9 Å². The summed E-state index contributed by atoms with van der Waals surface area (Å²) >= 11 is 2.81. The van der Waals surface area contributed by atoms with E-state index in [0.717, 1.165) is 31.2 Å². The average Bonchev–Trinajstić information content (AvgIpc) is 2.97. The van der Waals surface area contributed by atoms with Gasteiger partial charge in [-0.25, -0.2) is 4.79 Å². The van der Waals surface area contributed by atoms with Crippen LogP contribution in [0.3, 0.4) is 0 Å². The fourth-order valence-corrected chi connectivity index (χ4v) is 3.46. The molecule has 0 aromatic heterocycles. The van der Waals surface area contributed by atoms with E-state index in [9.17, 15) is 4.79 Å². The third-order valence-corrected chi connectivity index (χ3v) is 4.72. The minimum atomic E-state index is -0.872. The minimum absolute atomic E-state index is 0.346. The Hall–Kier alpha value is -1.76. The van der Waals surface area contributed by atoms with Crippen LogP contribution >= 0.6 is 0 Å². The summed E-state index contributed by atoms with van der Waals surface area (Å²) in [4.78, 5) is 13.3. The van der Waals surface area contributed by atoms with Crippen LogP contribution in [0.5, 0.6) is 0 Å². The molecule has 1 aliphatic rings. The molecule has 22 heavy (non-hydrogen) atoms. The molecule has 2 radical (unpaired) electrons. The summed E-state index contributed by atoms with van der Waals surface area (Å²) in [6.45, 7) is 1.10. The van der Waals surface area contributed by atoms with Crippen LogP contribution in [-0.2, 0) is 19.3 Å². The van der Waals surface area contributed by atoms with Crippen molar-refractivity contribution in [2.24, 2.45) is 0 Å². The molecular weight excluding hydrogens is 289 g/mol. The smallest absolute Gasteiger partial charge is 0.335 e. The molecule has 0 amide bonds. The van der Waals surface area contributed by atoms with Gasteiger partial charge in [-0.05, 0) is 48.1 Å². The molecule has 2 aromatic rings. The first-order valence-corrected chi connectivity index (χ1v) is 8.38. The maximum absolute atomic E-state index is 10.9. The molecule has 0 aliphatic carbocycles. The second-order valence-corrected chi connectivity index (χ2v) is 5.99. The van der Waals surface area contributed by atoms with Gasteiger partial charge in [-0.15, -0.1) is 0 Å². The van der Waals surface area contributed by atoms with Gasteiger partial charge in [0.05, 0.1) is 5.56 Å². The Morgan fingerprint density at radius 2 is 1.91 bits per heavy atom. The van der Waals surface area contributed by atoms with E-state index in [1.165, 1.54) is 22.4 Å². The third-order valence-electron chi connectivity index (χ3n) is 4.27. The highest BCUT2D eigenvalue weighted by Crippen LogP contribution is 2.32. The van der Waals surface area contributed by atoms with Gasteiger partial charge in [0.1, 0.15) is 0 Å². The normalized spacial score (nSPS) is 13.2.